The molecule has 3 rings (SSSR count). The van der Waals surface area contributed by atoms with Gasteiger partial charge in [0.05, 0.1) is 0 Å². The summed E-state index contributed by atoms with van der Waals surface area (Å²) in [7, 11) is 0. The first-order chi connectivity index (χ1) is 12.1. The largest absolute Gasteiger partial charge is 0.305 e. The number of halogens is 1. The van der Waals surface area contributed by atoms with Gasteiger partial charge in [-0.2, -0.15) is 0 Å². The summed E-state index contributed by atoms with van der Waals surface area (Å²) in [6.45, 7) is 1.98. The van der Waals surface area contributed by atoms with E-state index in [0.29, 0.717) is 11.4 Å². The van der Waals surface area contributed by atoms with Gasteiger partial charge in [0.15, 0.2) is 5.82 Å². The van der Waals surface area contributed by atoms with E-state index >= 15 is 0 Å². The second kappa shape index (κ2) is 8.27. The van der Waals surface area contributed by atoms with Crippen LogP contribution in [0, 0.1) is 6.92 Å². The molecule has 3 aromatic rings. The van der Waals surface area contributed by atoms with Crippen molar-refractivity contribution in [1.82, 2.24) is 10.2 Å². The smallest absolute Gasteiger partial charge is 0.256 e. The Kier molecular flexibility index (Phi) is 5.83. The average Bonchev–Trinajstić information content (AvgIpc) is 2.63. The van der Waals surface area contributed by atoms with E-state index in [1.165, 1.54) is 5.56 Å². The molecule has 0 aliphatic carbocycles. The summed E-state index contributed by atoms with van der Waals surface area (Å²) in [6, 6.07) is 19.2. The number of hydrogen-bond acceptors (Lipinski definition) is 4. The summed E-state index contributed by atoms with van der Waals surface area (Å²) in [4.78, 5) is 12.2. The number of nitrogens with one attached hydrogen (secondary N) is 1. The molecule has 1 aromatic heterocycles. The molecule has 0 aliphatic rings. The summed E-state index contributed by atoms with van der Waals surface area (Å²) in [6.07, 6.45) is 0. The van der Waals surface area contributed by atoms with Gasteiger partial charge in [-0.25, -0.2) is 0 Å². The predicted molar refractivity (Wildman–Crippen MR) is 105 cm³/mol. The molecule has 1 heterocycles. The molecule has 1 amide bonds. The molecular formula is C19H16BrN3OS. The van der Waals surface area contributed by atoms with Crippen molar-refractivity contribution in [2.24, 2.45) is 0 Å². The highest BCUT2D eigenvalue weighted by molar-refractivity contribution is 9.10. The molecule has 4 nitrogen and oxygen atoms in total. The lowest BCUT2D eigenvalue weighted by molar-refractivity contribution is 0.102. The fraction of sp³-hybridized carbons (Fsp3) is 0.105. The van der Waals surface area contributed by atoms with Gasteiger partial charge >= 0.3 is 0 Å². The molecule has 0 fully saturated rings. The zero-order valence-corrected chi connectivity index (χ0v) is 16.0. The molecule has 0 atom stereocenters. The third-order valence-electron chi connectivity index (χ3n) is 3.50. The lowest BCUT2D eigenvalue weighted by atomic mass is 10.1. The van der Waals surface area contributed by atoms with Gasteiger partial charge in [0.25, 0.3) is 5.91 Å². The van der Waals surface area contributed by atoms with Crippen LogP contribution < -0.4 is 5.32 Å². The maximum absolute atomic E-state index is 12.2. The monoisotopic (exact) mass is 413 g/mol. The van der Waals surface area contributed by atoms with Crippen LogP contribution in [0.15, 0.2) is 70.2 Å². The molecule has 0 saturated heterocycles. The number of rotatable bonds is 5. The Balaban J connectivity index is 1.57. The molecule has 126 valence electrons. The van der Waals surface area contributed by atoms with Crippen molar-refractivity contribution in [1.29, 1.82) is 0 Å². The predicted octanol–water partition coefficient (Wildman–Crippen LogP) is 5.09. The highest BCUT2D eigenvalue weighted by atomic mass is 79.9. The summed E-state index contributed by atoms with van der Waals surface area (Å²) in [5.41, 5.74) is 2.93. The van der Waals surface area contributed by atoms with Gasteiger partial charge in [-0.15, -0.1) is 10.2 Å². The Morgan fingerprint density at radius 3 is 2.36 bits per heavy atom. The molecular weight excluding hydrogens is 398 g/mol. The van der Waals surface area contributed by atoms with Crippen LogP contribution in [0.1, 0.15) is 21.5 Å². The maximum Gasteiger partial charge on any atom is 0.256 e. The van der Waals surface area contributed by atoms with Crippen molar-refractivity contribution in [3.05, 3.63) is 81.8 Å². The number of carbonyl (C=O) groups excluding carboxylic acids is 1. The van der Waals surface area contributed by atoms with E-state index in [9.17, 15) is 4.79 Å². The van der Waals surface area contributed by atoms with E-state index in [1.807, 2.05) is 37.3 Å². The van der Waals surface area contributed by atoms with Crippen LogP contribution in [0.25, 0.3) is 0 Å². The van der Waals surface area contributed by atoms with Gasteiger partial charge < -0.3 is 5.32 Å². The van der Waals surface area contributed by atoms with Gasteiger partial charge in [-0.3, -0.25) is 4.79 Å². The minimum absolute atomic E-state index is 0.190. The standard InChI is InChI=1S/C19H16BrN3OS/c1-13-2-6-15(7-3-13)19(24)21-17-10-11-18(23-22-17)25-12-14-4-8-16(20)9-5-14/h2-11H,12H2,1H3,(H,21,22,24). The normalized spacial score (nSPS) is 10.5. The van der Waals surface area contributed by atoms with Gasteiger partial charge in [-0.1, -0.05) is 57.5 Å². The second-order valence-corrected chi connectivity index (χ2v) is 7.40. The molecule has 0 spiro atoms. The topological polar surface area (TPSA) is 54.9 Å². The number of thioether (sulfide) groups is 1. The number of carbonyl (C=O) groups is 1. The van der Waals surface area contributed by atoms with Crippen LogP contribution in [-0.4, -0.2) is 16.1 Å². The molecule has 0 saturated carbocycles. The number of hydrogen-bond donors (Lipinski definition) is 1. The Labute approximate surface area is 159 Å². The van der Waals surface area contributed by atoms with Crippen LogP contribution in [0.2, 0.25) is 0 Å². The highest BCUT2D eigenvalue weighted by Gasteiger charge is 2.07. The van der Waals surface area contributed by atoms with Crippen LogP contribution >= 0.6 is 27.7 Å². The molecule has 2 aromatic carbocycles. The first-order valence-corrected chi connectivity index (χ1v) is 9.47. The first-order valence-electron chi connectivity index (χ1n) is 7.69. The highest BCUT2D eigenvalue weighted by Crippen LogP contribution is 2.22. The van der Waals surface area contributed by atoms with E-state index in [1.54, 1.807) is 30.0 Å². The van der Waals surface area contributed by atoms with Crippen molar-refractivity contribution >= 4 is 39.4 Å². The zero-order valence-electron chi connectivity index (χ0n) is 13.6. The van der Waals surface area contributed by atoms with E-state index in [4.69, 9.17) is 0 Å². The Morgan fingerprint density at radius 1 is 1.00 bits per heavy atom. The summed E-state index contributed by atoms with van der Waals surface area (Å²) in [5.74, 6) is 1.07. The summed E-state index contributed by atoms with van der Waals surface area (Å²) in [5, 5.41) is 11.8. The number of amides is 1. The van der Waals surface area contributed by atoms with Crippen molar-refractivity contribution in [2.75, 3.05) is 5.32 Å². The first kappa shape index (κ1) is 17.6. The average molecular weight is 414 g/mol. The fourth-order valence-electron chi connectivity index (χ4n) is 2.10. The van der Waals surface area contributed by atoms with Gasteiger partial charge in [0, 0.05) is 15.8 Å². The zero-order chi connectivity index (χ0) is 17.6. The number of nitrogens with zero attached hydrogens (tertiary/aromatic N) is 2. The molecule has 6 heteroatoms. The minimum Gasteiger partial charge on any atom is -0.305 e. The maximum atomic E-state index is 12.2. The lowest BCUT2D eigenvalue weighted by Crippen LogP contribution is -2.13. The molecule has 1 N–H and O–H groups in total. The molecule has 0 bridgehead atoms. The van der Waals surface area contributed by atoms with Crippen molar-refractivity contribution in [3.63, 3.8) is 0 Å². The minimum atomic E-state index is -0.190. The molecule has 0 aliphatic heterocycles. The Bertz CT molecular complexity index is 849. The summed E-state index contributed by atoms with van der Waals surface area (Å²) < 4.78 is 1.06. The number of anilines is 1. The lowest BCUT2D eigenvalue weighted by Gasteiger charge is -2.05. The van der Waals surface area contributed by atoms with E-state index in [2.05, 4.69) is 43.6 Å². The second-order valence-electron chi connectivity index (χ2n) is 5.49. The van der Waals surface area contributed by atoms with Crippen LogP contribution in [0.5, 0.6) is 0 Å². The SMILES string of the molecule is Cc1ccc(C(=O)Nc2ccc(SCc3ccc(Br)cc3)nn2)cc1. The molecule has 0 unspecified atom stereocenters. The van der Waals surface area contributed by atoms with Gasteiger partial charge in [0.2, 0.25) is 0 Å². The number of aromatic nitrogens is 2. The van der Waals surface area contributed by atoms with Crippen molar-refractivity contribution < 1.29 is 4.79 Å². The molecule has 0 radical (unpaired) electrons. The van der Waals surface area contributed by atoms with E-state index in [0.717, 1.165) is 20.8 Å². The Hall–Kier alpha value is -2.18. The van der Waals surface area contributed by atoms with Crippen LogP contribution in [0.3, 0.4) is 0 Å². The number of aryl methyl sites for hydroxylation is 1. The third-order valence-corrected chi connectivity index (χ3v) is 5.02. The van der Waals surface area contributed by atoms with Crippen LogP contribution in [0.4, 0.5) is 5.82 Å². The Morgan fingerprint density at radius 2 is 1.72 bits per heavy atom. The van der Waals surface area contributed by atoms with E-state index in [-0.39, 0.29) is 5.91 Å². The van der Waals surface area contributed by atoms with Crippen molar-refractivity contribution in [3.8, 4) is 0 Å². The van der Waals surface area contributed by atoms with Gasteiger partial charge in [-0.05, 0) is 48.9 Å². The van der Waals surface area contributed by atoms with Crippen LogP contribution in [-0.2, 0) is 5.75 Å². The van der Waals surface area contributed by atoms with Gasteiger partial charge in [0.1, 0.15) is 5.03 Å². The van der Waals surface area contributed by atoms with Crippen molar-refractivity contribution in [2.45, 2.75) is 17.7 Å². The third kappa shape index (κ3) is 5.14. The molecule has 25 heavy (non-hydrogen) atoms. The quantitative estimate of drug-likeness (QED) is 0.591. The number of benzene rings is 2. The van der Waals surface area contributed by atoms with E-state index < -0.39 is 0 Å². The fourth-order valence-corrected chi connectivity index (χ4v) is 3.13. The summed E-state index contributed by atoms with van der Waals surface area (Å²) >= 11 is 5.03.